The van der Waals surface area contributed by atoms with E-state index >= 15 is 0 Å². The Bertz CT molecular complexity index is 462. The number of aryl methyl sites for hydroxylation is 1. The zero-order valence-corrected chi connectivity index (χ0v) is 9.86. The van der Waals surface area contributed by atoms with Gasteiger partial charge >= 0.3 is 0 Å². The van der Waals surface area contributed by atoms with E-state index in [0.29, 0.717) is 0 Å². The molecule has 0 saturated carbocycles. The standard InChI is InChI=1S/C13H16FN3/c1-2-17-13(7-8-16-17)10-15-9-11-3-5-12(14)6-4-11/h3-8,15H,2,9-10H2,1H3. The van der Waals surface area contributed by atoms with Gasteiger partial charge in [-0.3, -0.25) is 4.68 Å². The zero-order chi connectivity index (χ0) is 12.1. The number of rotatable bonds is 5. The predicted molar refractivity (Wildman–Crippen MR) is 64.8 cm³/mol. The lowest BCUT2D eigenvalue weighted by Crippen LogP contribution is -2.16. The highest BCUT2D eigenvalue weighted by Gasteiger charge is 2.00. The molecule has 0 bridgehead atoms. The molecule has 0 amide bonds. The van der Waals surface area contributed by atoms with Crippen LogP contribution in [0.15, 0.2) is 36.5 Å². The molecule has 0 fully saturated rings. The van der Waals surface area contributed by atoms with Crippen molar-refractivity contribution >= 4 is 0 Å². The van der Waals surface area contributed by atoms with E-state index in [0.717, 1.165) is 30.9 Å². The van der Waals surface area contributed by atoms with Gasteiger partial charge in [0.25, 0.3) is 0 Å². The number of benzene rings is 1. The van der Waals surface area contributed by atoms with E-state index in [-0.39, 0.29) is 5.82 Å². The summed E-state index contributed by atoms with van der Waals surface area (Å²) in [6.45, 7) is 4.44. The van der Waals surface area contributed by atoms with Gasteiger partial charge in [0, 0.05) is 25.8 Å². The maximum absolute atomic E-state index is 12.7. The number of aromatic nitrogens is 2. The lowest BCUT2D eigenvalue weighted by atomic mass is 10.2. The number of nitrogens with zero attached hydrogens (tertiary/aromatic N) is 2. The summed E-state index contributed by atoms with van der Waals surface area (Å²) >= 11 is 0. The summed E-state index contributed by atoms with van der Waals surface area (Å²) in [5.41, 5.74) is 2.24. The van der Waals surface area contributed by atoms with Crippen molar-refractivity contribution in [3.63, 3.8) is 0 Å². The highest BCUT2D eigenvalue weighted by Crippen LogP contribution is 2.03. The first-order valence-electron chi connectivity index (χ1n) is 5.75. The third-order valence-corrected chi connectivity index (χ3v) is 2.65. The van der Waals surface area contributed by atoms with Crippen LogP contribution in [0.1, 0.15) is 18.2 Å². The number of halogens is 1. The number of nitrogens with one attached hydrogen (secondary N) is 1. The van der Waals surface area contributed by atoms with E-state index in [9.17, 15) is 4.39 Å². The van der Waals surface area contributed by atoms with Crippen LogP contribution in [0.25, 0.3) is 0 Å². The fraction of sp³-hybridized carbons (Fsp3) is 0.308. The molecule has 17 heavy (non-hydrogen) atoms. The van der Waals surface area contributed by atoms with Crippen LogP contribution in [-0.4, -0.2) is 9.78 Å². The van der Waals surface area contributed by atoms with Crippen LogP contribution in [-0.2, 0) is 19.6 Å². The summed E-state index contributed by atoms with van der Waals surface area (Å²) in [6, 6.07) is 8.54. The van der Waals surface area contributed by atoms with Crippen LogP contribution >= 0.6 is 0 Å². The summed E-state index contributed by atoms with van der Waals surface area (Å²) in [4.78, 5) is 0. The quantitative estimate of drug-likeness (QED) is 0.859. The third kappa shape index (κ3) is 3.14. The molecule has 0 aliphatic rings. The Morgan fingerprint density at radius 1 is 1.18 bits per heavy atom. The van der Waals surface area contributed by atoms with Crippen LogP contribution in [0.4, 0.5) is 4.39 Å². The van der Waals surface area contributed by atoms with Crippen LogP contribution in [0.2, 0.25) is 0 Å². The summed E-state index contributed by atoms with van der Waals surface area (Å²) in [6.07, 6.45) is 1.80. The Kier molecular flexibility index (Phi) is 3.88. The van der Waals surface area contributed by atoms with Crippen molar-refractivity contribution in [2.75, 3.05) is 0 Å². The van der Waals surface area contributed by atoms with Crippen molar-refractivity contribution in [3.8, 4) is 0 Å². The molecule has 1 N–H and O–H groups in total. The first kappa shape index (κ1) is 11.8. The fourth-order valence-electron chi connectivity index (χ4n) is 1.73. The molecule has 0 aliphatic heterocycles. The average molecular weight is 233 g/mol. The molecule has 90 valence electrons. The molecular weight excluding hydrogens is 217 g/mol. The van der Waals surface area contributed by atoms with Crippen molar-refractivity contribution in [1.82, 2.24) is 15.1 Å². The summed E-state index contributed by atoms with van der Waals surface area (Å²) in [5.74, 6) is -0.196. The van der Waals surface area contributed by atoms with Gasteiger partial charge in [-0.25, -0.2) is 4.39 Å². The molecule has 0 saturated heterocycles. The van der Waals surface area contributed by atoms with Crippen LogP contribution in [0.3, 0.4) is 0 Å². The first-order valence-corrected chi connectivity index (χ1v) is 5.75. The van der Waals surface area contributed by atoms with E-state index in [1.54, 1.807) is 18.3 Å². The molecule has 3 nitrogen and oxygen atoms in total. The number of hydrogen-bond acceptors (Lipinski definition) is 2. The minimum atomic E-state index is -0.196. The van der Waals surface area contributed by atoms with Crippen molar-refractivity contribution < 1.29 is 4.39 Å². The summed E-state index contributed by atoms with van der Waals surface area (Å²) in [5, 5.41) is 7.51. The monoisotopic (exact) mass is 233 g/mol. The lowest BCUT2D eigenvalue weighted by molar-refractivity contribution is 0.580. The average Bonchev–Trinajstić information content (AvgIpc) is 2.79. The second-order valence-corrected chi connectivity index (χ2v) is 3.87. The Morgan fingerprint density at radius 2 is 1.94 bits per heavy atom. The van der Waals surface area contributed by atoms with E-state index in [2.05, 4.69) is 17.3 Å². The molecule has 0 unspecified atom stereocenters. The molecule has 0 spiro atoms. The van der Waals surface area contributed by atoms with Gasteiger partial charge in [-0.1, -0.05) is 12.1 Å². The topological polar surface area (TPSA) is 29.9 Å². The largest absolute Gasteiger partial charge is 0.307 e. The van der Waals surface area contributed by atoms with Gasteiger partial charge in [0.1, 0.15) is 5.82 Å². The Balaban J connectivity index is 1.85. The van der Waals surface area contributed by atoms with Crippen LogP contribution < -0.4 is 5.32 Å². The van der Waals surface area contributed by atoms with Gasteiger partial charge in [0.2, 0.25) is 0 Å². The van der Waals surface area contributed by atoms with E-state index in [1.807, 2.05) is 10.7 Å². The van der Waals surface area contributed by atoms with Crippen molar-refractivity contribution in [3.05, 3.63) is 53.6 Å². The van der Waals surface area contributed by atoms with Gasteiger partial charge in [-0.05, 0) is 30.7 Å². The highest BCUT2D eigenvalue weighted by atomic mass is 19.1. The molecule has 1 aromatic heterocycles. The Morgan fingerprint density at radius 3 is 2.65 bits per heavy atom. The second kappa shape index (κ2) is 5.59. The predicted octanol–water partition coefficient (Wildman–Crippen LogP) is 2.33. The maximum Gasteiger partial charge on any atom is 0.123 e. The van der Waals surface area contributed by atoms with Crippen molar-refractivity contribution in [2.24, 2.45) is 0 Å². The summed E-state index contributed by atoms with van der Waals surface area (Å²) in [7, 11) is 0. The van der Waals surface area contributed by atoms with E-state index in [1.165, 1.54) is 12.1 Å². The summed E-state index contributed by atoms with van der Waals surface area (Å²) < 4.78 is 14.7. The van der Waals surface area contributed by atoms with Crippen LogP contribution in [0, 0.1) is 5.82 Å². The highest BCUT2D eigenvalue weighted by molar-refractivity contribution is 5.15. The van der Waals surface area contributed by atoms with E-state index < -0.39 is 0 Å². The third-order valence-electron chi connectivity index (χ3n) is 2.65. The van der Waals surface area contributed by atoms with Crippen LogP contribution in [0.5, 0.6) is 0 Å². The van der Waals surface area contributed by atoms with E-state index in [4.69, 9.17) is 0 Å². The van der Waals surface area contributed by atoms with Gasteiger partial charge in [-0.2, -0.15) is 5.10 Å². The minimum absolute atomic E-state index is 0.196. The molecular formula is C13H16FN3. The molecule has 0 atom stereocenters. The minimum Gasteiger partial charge on any atom is -0.307 e. The number of hydrogen-bond donors (Lipinski definition) is 1. The Labute approximate surface area is 100 Å². The normalized spacial score (nSPS) is 10.7. The molecule has 2 rings (SSSR count). The Hall–Kier alpha value is -1.68. The molecule has 0 radical (unpaired) electrons. The lowest BCUT2D eigenvalue weighted by Gasteiger charge is -2.06. The zero-order valence-electron chi connectivity index (χ0n) is 9.86. The van der Waals surface area contributed by atoms with Crippen molar-refractivity contribution in [1.29, 1.82) is 0 Å². The van der Waals surface area contributed by atoms with Crippen molar-refractivity contribution in [2.45, 2.75) is 26.6 Å². The molecule has 0 aliphatic carbocycles. The SMILES string of the molecule is CCn1nccc1CNCc1ccc(F)cc1. The van der Waals surface area contributed by atoms with Gasteiger partial charge in [0.05, 0.1) is 5.69 Å². The molecule has 1 aromatic carbocycles. The smallest absolute Gasteiger partial charge is 0.123 e. The van der Waals surface area contributed by atoms with Gasteiger partial charge in [0.15, 0.2) is 0 Å². The first-order chi connectivity index (χ1) is 8.29. The maximum atomic E-state index is 12.7. The molecule has 2 aromatic rings. The second-order valence-electron chi connectivity index (χ2n) is 3.87. The molecule has 1 heterocycles. The fourth-order valence-corrected chi connectivity index (χ4v) is 1.73. The van der Waals surface area contributed by atoms with Gasteiger partial charge in [-0.15, -0.1) is 0 Å². The molecule has 4 heteroatoms. The van der Waals surface area contributed by atoms with Gasteiger partial charge < -0.3 is 5.32 Å².